The largest absolute Gasteiger partial charge is 0.480 e. The molecule has 190 valence electrons. The highest BCUT2D eigenvalue weighted by Crippen LogP contribution is 2.12. The lowest BCUT2D eigenvalue weighted by atomic mass is 9.97. The van der Waals surface area contributed by atoms with Gasteiger partial charge in [-0.25, -0.2) is 4.79 Å². The van der Waals surface area contributed by atoms with Crippen LogP contribution >= 0.6 is 0 Å². The molecule has 0 bridgehead atoms. The van der Waals surface area contributed by atoms with E-state index in [0.717, 1.165) is 0 Å². The summed E-state index contributed by atoms with van der Waals surface area (Å²) in [4.78, 5) is 60.8. The van der Waals surface area contributed by atoms with Gasteiger partial charge in [0.1, 0.15) is 18.1 Å². The Morgan fingerprint density at radius 1 is 0.848 bits per heavy atom. The molecule has 5 atom stereocenters. The lowest BCUT2D eigenvalue weighted by molar-refractivity contribution is -0.144. The molecule has 0 aliphatic heterocycles. The third-order valence-corrected chi connectivity index (χ3v) is 5.40. The van der Waals surface area contributed by atoms with Crippen LogP contribution in [0, 0.1) is 17.8 Å². The van der Waals surface area contributed by atoms with Crippen molar-refractivity contribution in [3.63, 3.8) is 0 Å². The first-order chi connectivity index (χ1) is 15.2. The average molecular weight is 472 g/mol. The van der Waals surface area contributed by atoms with E-state index < -0.39 is 53.8 Å². The van der Waals surface area contributed by atoms with Gasteiger partial charge in [-0.1, -0.05) is 48.0 Å². The molecule has 0 saturated heterocycles. The first-order valence-corrected chi connectivity index (χ1v) is 11.4. The van der Waals surface area contributed by atoms with Crippen molar-refractivity contribution in [3.05, 3.63) is 0 Å². The van der Waals surface area contributed by atoms with E-state index in [2.05, 4.69) is 16.0 Å². The fourth-order valence-electron chi connectivity index (χ4n) is 3.13. The smallest absolute Gasteiger partial charge is 0.326 e. The maximum absolute atomic E-state index is 13.0. The lowest BCUT2D eigenvalue weighted by Crippen LogP contribution is -2.59. The normalized spacial score (nSPS) is 15.8. The van der Waals surface area contributed by atoms with Crippen molar-refractivity contribution < 1.29 is 29.1 Å². The Bertz CT molecular complexity index is 697. The molecule has 0 rings (SSSR count). The summed E-state index contributed by atoms with van der Waals surface area (Å²) in [6, 6.07) is -4.07. The van der Waals surface area contributed by atoms with Crippen molar-refractivity contribution in [2.75, 3.05) is 0 Å². The summed E-state index contributed by atoms with van der Waals surface area (Å²) in [5.41, 5.74) is 10.9. The van der Waals surface area contributed by atoms with E-state index in [4.69, 9.17) is 11.5 Å². The summed E-state index contributed by atoms with van der Waals surface area (Å²) in [5.74, 6) is -4.13. The summed E-state index contributed by atoms with van der Waals surface area (Å²) in [7, 11) is 0. The Hall–Kier alpha value is -2.69. The predicted octanol–water partition coefficient (Wildman–Crippen LogP) is -0.134. The Labute approximate surface area is 195 Å². The summed E-state index contributed by atoms with van der Waals surface area (Å²) in [6.07, 6.45) is 0.806. The zero-order valence-corrected chi connectivity index (χ0v) is 20.5. The Kier molecular flexibility index (Phi) is 13.3. The molecular weight excluding hydrogens is 430 g/mol. The van der Waals surface area contributed by atoms with Gasteiger partial charge in [-0.15, -0.1) is 0 Å². The minimum Gasteiger partial charge on any atom is -0.480 e. The third kappa shape index (κ3) is 11.1. The predicted molar refractivity (Wildman–Crippen MR) is 124 cm³/mol. The number of aliphatic carboxylic acids is 1. The van der Waals surface area contributed by atoms with Crippen molar-refractivity contribution in [1.29, 1.82) is 0 Å². The van der Waals surface area contributed by atoms with Crippen LogP contribution in [0.1, 0.15) is 67.2 Å². The zero-order chi connectivity index (χ0) is 25.9. The monoisotopic (exact) mass is 471 g/mol. The highest BCUT2D eigenvalue weighted by molar-refractivity contribution is 5.94. The number of carboxylic acids is 1. The van der Waals surface area contributed by atoms with E-state index >= 15 is 0 Å². The van der Waals surface area contributed by atoms with Gasteiger partial charge in [0.2, 0.25) is 23.6 Å². The van der Waals surface area contributed by atoms with Crippen LogP contribution in [0.5, 0.6) is 0 Å². The number of primary amides is 1. The van der Waals surface area contributed by atoms with E-state index in [1.165, 1.54) is 0 Å². The number of carbonyl (C=O) groups is 5. The number of nitrogens with two attached hydrogens (primary N) is 2. The standard InChI is InChI=1S/C22H41N5O6/c1-7-13(6)18(22(32)33)27-20(30)15(10-11(2)3)25-21(31)17(12(4)5)26-19(29)14(23)8-9-16(24)28/h11-15,17-18H,7-10,23H2,1-6H3,(H2,24,28)(H,25,31)(H,26,29)(H,27,30)(H,32,33). The molecule has 0 heterocycles. The molecule has 8 N–H and O–H groups in total. The van der Waals surface area contributed by atoms with Gasteiger partial charge in [-0.3, -0.25) is 19.2 Å². The van der Waals surface area contributed by atoms with Gasteiger partial charge < -0.3 is 32.5 Å². The molecule has 0 aromatic carbocycles. The number of rotatable bonds is 15. The van der Waals surface area contributed by atoms with Gasteiger partial charge in [-0.05, 0) is 30.6 Å². The van der Waals surface area contributed by atoms with E-state index in [1.54, 1.807) is 20.8 Å². The minimum atomic E-state index is -1.15. The lowest BCUT2D eigenvalue weighted by Gasteiger charge is -2.28. The van der Waals surface area contributed by atoms with Crippen molar-refractivity contribution >= 4 is 29.6 Å². The van der Waals surface area contributed by atoms with Gasteiger partial charge in [0.15, 0.2) is 0 Å². The SMILES string of the molecule is CCC(C)C(NC(=O)C(CC(C)C)NC(=O)C(NC(=O)C(N)CCC(N)=O)C(C)C)C(=O)O. The van der Waals surface area contributed by atoms with E-state index in [1.807, 2.05) is 20.8 Å². The Morgan fingerprint density at radius 3 is 1.82 bits per heavy atom. The molecule has 4 amide bonds. The molecule has 0 saturated carbocycles. The van der Waals surface area contributed by atoms with Crippen LogP contribution in [-0.4, -0.2) is 58.9 Å². The van der Waals surface area contributed by atoms with Crippen LogP contribution in [0.25, 0.3) is 0 Å². The van der Waals surface area contributed by atoms with E-state index in [0.29, 0.717) is 6.42 Å². The Balaban J connectivity index is 5.44. The van der Waals surface area contributed by atoms with Gasteiger partial charge >= 0.3 is 5.97 Å². The van der Waals surface area contributed by atoms with Crippen molar-refractivity contribution in [3.8, 4) is 0 Å². The number of carbonyl (C=O) groups excluding carboxylic acids is 4. The molecular formula is C22H41N5O6. The Morgan fingerprint density at radius 2 is 1.39 bits per heavy atom. The number of hydrogen-bond acceptors (Lipinski definition) is 6. The molecule has 33 heavy (non-hydrogen) atoms. The second-order valence-corrected chi connectivity index (χ2v) is 9.24. The van der Waals surface area contributed by atoms with Crippen LogP contribution in [-0.2, 0) is 24.0 Å². The van der Waals surface area contributed by atoms with Crippen LogP contribution < -0.4 is 27.4 Å². The van der Waals surface area contributed by atoms with E-state index in [-0.39, 0.29) is 37.0 Å². The molecule has 0 aliphatic carbocycles. The number of hydrogen-bond donors (Lipinski definition) is 6. The van der Waals surface area contributed by atoms with Crippen LogP contribution in [0.2, 0.25) is 0 Å². The maximum Gasteiger partial charge on any atom is 0.326 e. The molecule has 11 nitrogen and oxygen atoms in total. The first kappa shape index (κ1) is 30.3. The molecule has 0 spiro atoms. The summed E-state index contributed by atoms with van der Waals surface area (Å²) >= 11 is 0. The molecule has 0 aliphatic rings. The van der Waals surface area contributed by atoms with Crippen LogP contribution in [0.3, 0.4) is 0 Å². The molecule has 0 radical (unpaired) electrons. The number of carboxylic acid groups (broad SMARTS) is 1. The minimum absolute atomic E-state index is 0.0299. The van der Waals surface area contributed by atoms with Gasteiger partial charge in [0.25, 0.3) is 0 Å². The fraction of sp³-hybridized carbons (Fsp3) is 0.773. The highest BCUT2D eigenvalue weighted by Gasteiger charge is 2.33. The summed E-state index contributed by atoms with van der Waals surface area (Å²) < 4.78 is 0. The van der Waals surface area contributed by atoms with Crippen molar-refractivity contribution in [1.82, 2.24) is 16.0 Å². The van der Waals surface area contributed by atoms with Crippen LogP contribution in [0.15, 0.2) is 0 Å². The fourth-order valence-corrected chi connectivity index (χ4v) is 3.13. The molecule has 0 fully saturated rings. The summed E-state index contributed by atoms with van der Waals surface area (Å²) in [5, 5.41) is 17.2. The molecule has 5 unspecified atom stereocenters. The van der Waals surface area contributed by atoms with Crippen molar-refractivity contribution in [2.24, 2.45) is 29.2 Å². The van der Waals surface area contributed by atoms with Gasteiger partial charge in [0.05, 0.1) is 6.04 Å². The molecule has 0 aromatic heterocycles. The number of nitrogens with one attached hydrogen (secondary N) is 3. The first-order valence-electron chi connectivity index (χ1n) is 11.4. The zero-order valence-electron chi connectivity index (χ0n) is 20.5. The average Bonchev–Trinajstić information content (AvgIpc) is 2.71. The quantitative estimate of drug-likeness (QED) is 0.191. The summed E-state index contributed by atoms with van der Waals surface area (Å²) in [6.45, 7) is 10.7. The number of amides is 4. The second-order valence-electron chi connectivity index (χ2n) is 9.24. The highest BCUT2D eigenvalue weighted by atomic mass is 16.4. The van der Waals surface area contributed by atoms with Gasteiger partial charge in [0, 0.05) is 6.42 Å². The maximum atomic E-state index is 13.0. The molecule has 11 heteroatoms. The van der Waals surface area contributed by atoms with Crippen molar-refractivity contribution in [2.45, 2.75) is 91.4 Å². The van der Waals surface area contributed by atoms with Crippen LogP contribution in [0.4, 0.5) is 0 Å². The topological polar surface area (TPSA) is 194 Å². The third-order valence-electron chi connectivity index (χ3n) is 5.40. The molecule has 0 aromatic rings. The van der Waals surface area contributed by atoms with Gasteiger partial charge in [-0.2, -0.15) is 0 Å². The van der Waals surface area contributed by atoms with E-state index in [9.17, 15) is 29.1 Å². The second kappa shape index (κ2) is 14.5.